The van der Waals surface area contributed by atoms with Gasteiger partial charge >= 0.3 is 0 Å². The van der Waals surface area contributed by atoms with Crippen LogP contribution in [0.5, 0.6) is 5.75 Å². The fraction of sp³-hybridized carbons (Fsp3) is 0.455. The maximum Gasteiger partial charge on any atom is 0.122 e. The Labute approximate surface area is 91.1 Å². The summed E-state index contributed by atoms with van der Waals surface area (Å²) in [6.07, 6.45) is 1.48. The van der Waals surface area contributed by atoms with Gasteiger partial charge < -0.3 is 10.1 Å². The maximum absolute atomic E-state index is 5.84. The standard InChI is InChI=1S/C11H15NO.ClH/c1-9-4-2-3-5-11(9)13-10-6-7-12-8-10;/h2-5,10,12H,6-8H2,1H3;1H/t10-;/m0./s1. The Balaban J connectivity index is 0.000000980. The highest BCUT2D eigenvalue weighted by molar-refractivity contribution is 5.85. The summed E-state index contributed by atoms with van der Waals surface area (Å²) in [7, 11) is 0. The summed E-state index contributed by atoms with van der Waals surface area (Å²) in [5.74, 6) is 1.02. The summed E-state index contributed by atoms with van der Waals surface area (Å²) in [6.45, 7) is 4.14. The van der Waals surface area contributed by atoms with Crippen molar-refractivity contribution >= 4 is 12.4 Å². The first-order chi connectivity index (χ1) is 6.36. The normalized spacial score (nSPS) is 20.2. The highest BCUT2D eigenvalue weighted by Crippen LogP contribution is 2.19. The molecule has 1 heterocycles. The van der Waals surface area contributed by atoms with Gasteiger partial charge in [0, 0.05) is 6.54 Å². The molecule has 2 nitrogen and oxygen atoms in total. The molecule has 1 aromatic carbocycles. The van der Waals surface area contributed by atoms with Crippen molar-refractivity contribution in [3.63, 3.8) is 0 Å². The van der Waals surface area contributed by atoms with Gasteiger partial charge in [0.1, 0.15) is 11.9 Å². The van der Waals surface area contributed by atoms with Crippen LogP contribution in [0.2, 0.25) is 0 Å². The smallest absolute Gasteiger partial charge is 0.122 e. The summed E-state index contributed by atoms with van der Waals surface area (Å²) >= 11 is 0. The lowest BCUT2D eigenvalue weighted by atomic mass is 10.2. The summed E-state index contributed by atoms with van der Waals surface area (Å²) in [5.41, 5.74) is 1.22. The number of hydrogen-bond donors (Lipinski definition) is 1. The number of rotatable bonds is 2. The lowest BCUT2D eigenvalue weighted by Gasteiger charge is -2.13. The molecule has 0 unspecified atom stereocenters. The maximum atomic E-state index is 5.84. The molecule has 0 amide bonds. The summed E-state index contributed by atoms with van der Waals surface area (Å²) < 4.78 is 5.84. The summed E-state index contributed by atoms with van der Waals surface area (Å²) in [6, 6.07) is 8.17. The van der Waals surface area contributed by atoms with E-state index in [1.165, 1.54) is 5.56 Å². The Kier molecular flexibility index (Phi) is 4.23. The summed E-state index contributed by atoms with van der Waals surface area (Å²) in [5, 5.41) is 3.29. The Morgan fingerprint density at radius 1 is 1.36 bits per heavy atom. The lowest BCUT2D eigenvalue weighted by molar-refractivity contribution is 0.221. The molecule has 1 N–H and O–H groups in total. The van der Waals surface area contributed by atoms with E-state index < -0.39 is 0 Å². The first-order valence-corrected chi connectivity index (χ1v) is 4.79. The molecule has 0 aliphatic carbocycles. The average molecular weight is 214 g/mol. The van der Waals surface area contributed by atoms with Gasteiger partial charge in [0.2, 0.25) is 0 Å². The molecule has 1 fully saturated rings. The molecule has 2 rings (SSSR count). The van der Waals surface area contributed by atoms with Gasteiger partial charge in [-0.2, -0.15) is 0 Å². The number of hydrogen-bond acceptors (Lipinski definition) is 2. The highest BCUT2D eigenvalue weighted by Gasteiger charge is 2.16. The van der Waals surface area contributed by atoms with Crippen molar-refractivity contribution in [2.24, 2.45) is 0 Å². The van der Waals surface area contributed by atoms with Crippen LogP contribution in [0.3, 0.4) is 0 Å². The third-order valence-corrected chi connectivity index (χ3v) is 2.40. The SMILES string of the molecule is Cc1ccccc1O[C@H]1CCNC1.Cl. The van der Waals surface area contributed by atoms with Crippen LogP contribution in [-0.2, 0) is 0 Å². The van der Waals surface area contributed by atoms with Crippen molar-refractivity contribution in [1.29, 1.82) is 0 Å². The van der Waals surface area contributed by atoms with Gasteiger partial charge in [0.05, 0.1) is 0 Å². The quantitative estimate of drug-likeness (QED) is 0.813. The Hall–Kier alpha value is -0.730. The van der Waals surface area contributed by atoms with Crippen LogP contribution in [-0.4, -0.2) is 19.2 Å². The van der Waals surface area contributed by atoms with E-state index >= 15 is 0 Å². The second-order valence-corrected chi connectivity index (χ2v) is 3.50. The van der Waals surface area contributed by atoms with Crippen molar-refractivity contribution < 1.29 is 4.74 Å². The van der Waals surface area contributed by atoms with Crippen molar-refractivity contribution in [1.82, 2.24) is 5.32 Å². The van der Waals surface area contributed by atoms with Gasteiger partial charge in [0.15, 0.2) is 0 Å². The third-order valence-electron chi connectivity index (χ3n) is 2.40. The molecule has 0 aromatic heterocycles. The predicted octanol–water partition coefficient (Wildman–Crippen LogP) is 2.16. The topological polar surface area (TPSA) is 21.3 Å². The van der Waals surface area contributed by atoms with E-state index in [1.807, 2.05) is 18.2 Å². The zero-order valence-electron chi connectivity index (χ0n) is 8.32. The van der Waals surface area contributed by atoms with Crippen LogP contribution in [0.1, 0.15) is 12.0 Å². The van der Waals surface area contributed by atoms with Gasteiger partial charge in [-0.3, -0.25) is 0 Å². The van der Waals surface area contributed by atoms with Gasteiger partial charge in [0.25, 0.3) is 0 Å². The van der Waals surface area contributed by atoms with Crippen molar-refractivity contribution in [3.8, 4) is 5.75 Å². The predicted molar refractivity (Wildman–Crippen MR) is 60.3 cm³/mol. The second kappa shape index (κ2) is 5.23. The Morgan fingerprint density at radius 2 is 2.14 bits per heavy atom. The zero-order chi connectivity index (χ0) is 9.10. The molecule has 78 valence electrons. The molecule has 1 aromatic rings. The van der Waals surface area contributed by atoms with E-state index in [-0.39, 0.29) is 12.4 Å². The monoisotopic (exact) mass is 213 g/mol. The minimum absolute atomic E-state index is 0. The van der Waals surface area contributed by atoms with E-state index in [2.05, 4.69) is 18.3 Å². The molecule has 1 atom stereocenters. The molecule has 0 saturated carbocycles. The first-order valence-electron chi connectivity index (χ1n) is 4.79. The Morgan fingerprint density at radius 3 is 2.79 bits per heavy atom. The minimum Gasteiger partial charge on any atom is -0.489 e. The molecule has 3 heteroatoms. The number of nitrogens with one attached hydrogen (secondary N) is 1. The number of benzene rings is 1. The van der Waals surface area contributed by atoms with Crippen LogP contribution in [0, 0.1) is 6.92 Å². The van der Waals surface area contributed by atoms with E-state index in [0.29, 0.717) is 6.10 Å². The molecule has 0 bridgehead atoms. The van der Waals surface area contributed by atoms with Gasteiger partial charge in [-0.1, -0.05) is 18.2 Å². The molecule has 1 aliphatic rings. The number of aryl methyl sites for hydroxylation is 1. The molecule has 14 heavy (non-hydrogen) atoms. The molecule has 0 radical (unpaired) electrons. The fourth-order valence-corrected chi connectivity index (χ4v) is 1.60. The van der Waals surface area contributed by atoms with Gasteiger partial charge in [-0.05, 0) is 31.5 Å². The summed E-state index contributed by atoms with van der Waals surface area (Å²) in [4.78, 5) is 0. The number of halogens is 1. The van der Waals surface area contributed by atoms with Crippen LogP contribution in [0.25, 0.3) is 0 Å². The fourth-order valence-electron chi connectivity index (χ4n) is 1.60. The van der Waals surface area contributed by atoms with Crippen LogP contribution in [0.4, 0.5) is 0 Å². The lowest BCUT2D eigenvalue weighted by Crippen LogP contribution is -2.19. The minimum atomic E-state index is 0. The Bertz CT molecular complexity index is 284. The van der Waals surface area contributed by atoms with Crippen molar-refractivity contribution in [2.45, 2.75) is 19.4 Å². The van der Waals surface area contributed by atoms with Crippen molar-refractivity contribution in [2.75, 3.05) is 13.1 Å². The van der Waals surface area contributed by atoms with Gasteiger partial charge in [-0.15, -0.1) is 12.4 Å². The molecule has 0 spiro atoms. The van der Waals surface area contributed by atoms with E-state index in [4.69, 9.17) is 4.74 Å². The van der Waals surface area contributed by atoms with E-state index in [1.54, 1.807) is 0 Å². The van der Waals surface area contributed by atoms with Crippen LogP contribution >= 0.6 is 12.4 Å². The van der Waals surface area contributed by atoms with E-state index in [9.17, 15) is 0 Å². The molecular formula is C11H16ClNO. The highest BCUT2D eigenvalue weighted by atomic mass is 35.5. The molecule has 1 aliphatic heterocycles. The van der Waals surface area contributed by atoms with Crippen LogP contribution in [0.15, 0.2) is 24.3 Å². The van der Waals surface area contributed by atoms with Gasteiger partial charge in [-0.25, -0.2) is 0 Å². The third kappa shape index (κ3) is 2.63. The largest absolute Gasteiger partial charge is 0.489 e. The molecule has 1 saturated heterocycles. The van der Waals surface area contributed by atoms with E-state index in [0.717, 1.165) is 25.3 Å². The first kappa shape index (κ1) is 11.3. The zero-order valence-corrected chi connectivity index (χ0v) is 9.14. The van der Waals surface area contributed by atoms with Crippen molar-refractivity contribution in [3.05, 3.63) is 29.8 Å². The second-order valence-electron chi connectivity index (χ2n) is 3.50. The average Bonchev–Trinajstić information content (AvgIpc) is 2.61. The number of ether oxygens (including phenoxy) is 1. The van der Waals surface area contributed by atoms with Crippen LogP contribution < -0.4 is 10.1 Å². The number of para-hydroxylation sites is 1. The molecular weight excluding hydrogens is 198 g/mol.